The number of carbonyl (C=O) groups excluding carboxylic acids is 1. The molecule has 6 N–H and O–H groups in total. The number of ether oxygens (including phenoxy) is 1. The third kappa shape index (κ3) is 10.3. The molecule has 0 aromatic carbocycles. The van der Waals surface area contributed by atoms with E-state index in [1.807, 2.05) is 6.92 Å². The molecule has 1 atom stereocenters. The molecule has 0 spiro atoms. The molecule has 19 heavy (non-hydrogen) atoms. The quantitative estimate of drug-likeness (QED) is 0.231. The molecule has 1 unspecified atom stereocenters. The normalized spacial score (nSPS) is 13.3. The van der Waals surface area contributed by atoms with Gasteiger partial charge in [0.15, 0.2) is 5.96 Å². The van der Waals surface area contributed by atoms with Crippen LogP contribution in [0.15, 0.2) is 4.99 Å². The molecule has 0 aromatic rings. The van der Waals surface area contributed by atoms with Gasteiger partial charge in [0, 0.05) is 19.1 Å². The number of guanidine groups is 1. The van der Waals surface area contributed by atoms with Crippen LogP contribution >= 0.6 is 0 Å². The molecule has 7 nitrogen and oxygen atoms in total. The molecule has 0 aliphatic heterocycles. The molecule has 0 fully saturated rings. The van der Waals surface area contributed by atoms with Crippen molar-refractivity contribution in [2.45, 2.75) is 32.6 Å². The molecule has 0 aliphatic carbocycles. The standard InChI is InChI=1S/C12H26N4O3/c1-2-10(11(13)18)5-3-6-15-12(14)16-9-19-8-4-7-17/h10,17H,2-9H2,1H3,(H2,13,18)(H3,14,15,16). The molecule has 0 saturated heterocycles. The van der Waals surface area contributed by atoms with E-state index in [1.165, 1.54) is 0 Å². The predicted octanol–water partition coefficient (Wildman–Crippen LogP) is -0.461. The summed E-state index contributed by atoms with van der Waals surface area (Å²) in [7, 11) is 0. The van der Waals surface area contributed by atoms with Crippen LogP contribution in [-0.4, -0.2) is 43.5 Å². The molecule has 112 valence electrons. The summed E-state index contributed by atoms with van der Waals surface area (Å²) >= 11 is 0. The first-order valence-electron chi connectivity index (χ1n) is 6.63. The van der Waals surface area contributed by atoms with Crippen molar-refractivity contribution in [1.29, 1.82) is 0 Å². The van der Waals surface area contributed by atoms with E-state index in [-0.39, 0.29) is 25.2 Å². The summed E-state index contributed by atoms with van der Waals surface area (Å²) in [5, 5.41) is 11.5. The Morgan fingerprint density at radius 2 is 2.16 bits per heavy atom. The number of nitrogens with one attached hydrogen (secondary N) is 1. The number of aliphatic hydroxyl groups excluding tert-OH is 1. The van der Waals surface area contributed by atoms with Crippen molar-refractivity contribution < 1.29 is 14.6 Å². The van der Waals surface area contributed by atoms with Crippen LogP contribution in [0.25, 0.3) is 0 Å². The fourth-order valence-corrected chi connectivity index (χ4v) is 1.51. The Bertz CT molecular complexity index is 272. The van der Waals surface area contributed by atoms with Crippen molar-refractivity contribution in [3.8, 4) is 0 Å². The average molecular weight is 274 g/mol. The second-order valence-corrected chi connectivity index (χ2v) is 4.23. The van der Waals surface area contributed by atoms with Gasteiger partial charge in [-0.1, -0.05) is 6.92 Å². The number of aliphatic imine (C=N–C) groups is 1. The Morgan fingerprint density at radius 3 is 2.74 bits per heavy atom. The lowest BCUT2D eigenvalue weighted by Gasteiger charge is -2.11. The van der Waals surface area contributed by atoms with Crippen LogP contribution in [0.1, 0.15) is 32.6 Å². The largest absolute Gasteiger partial charge is 0.396 e. The van der Waals surface area contributed by atoms with Gasteiger partial charge in [-0.25, -0.2) is 4.99 Å². The van der Waals surface area contributed by atoms with E-state index in [0.717, 1.165) is 19.3 Å². The van der Waals surface area contributed by atoms with Crippen molar-refractivity contribution in [1.82, 2.24) is 5.32 Å². The van der Waals surface area contributed by atoms with Crippen molar-refractivity contribution >= 4 is 11.9 Å². The van der Waals surface area contributed by atoms with Gasteiger partial charge in [0.1, 0.15) is 6.73 Å². The van der Waals surface area contributed by atoms with Crippen molar-refractivity contribution in [2.24, 2.45) is 22.4 Å². The number of hydrogen-bond donors (Lipinski definition) is 4. The van der Waals surface area contributed by atoms with E-state index in [9.17, 15) is 4.79 Å². The molecular weight excluding hydrogens is 248 g/mol. The summed E-state index contributed by atoms with van der Waals surface area (Å²) in [5.41, 5.74) is 10.9. The number of nitrogens with zero attached hydrogens (tertiary/aromatic N) is 1. The first-order chi connectivity index (χ1) is 9.11. The molecular formula is C12H26N4O3. The maximum atomic E-state index is 11.0. The van der Waals surface area contributed by atoms with Crippen molar-refractivity contribution in [2.75, 3.05) is 26.5 Å². The Morgan fingerprint density at radius 1 is 1.42 bits per heavy atom. The minimum absolute atomic E-state index is 0.0678. The zero-order chi connectivity index (χ0) is 14.5. The second-order valence-electron chi connectivity index (χ2n) is 4.23. The molecule has 0 heterocycles. The fraction of sp³-hybridized carbons (Fsp3) is 0.833. The first-order valence-corrected chi connectivity index (χ1v) is 6.63. The Labute approximate surface area is 114 Å². The third-order valence-electron chi connectivity index (χ3n) is 2.70. The van der Waals surface area contributed by atoms with E-state index in [1.54, 1.807) is 0 Å². The van der Waals surface area contributed by atoms with Gasteiger partial charge in [-0.05, 0) is 25.7 Å². The summed E-state index contributed by atoms with van der Waals surface area (Å²) in [6.45, 7) is 3.34. The smallest absolute Gasteiger partial charge is 0.220 e. The van der Waals surface area contributed by atoms with E-state index in [0.29, 0.717) is 25.5 Å². The van der Waals surface area contributed by atoms with E-state index in [4.69, 9.17) is 21.3 Å². The van der Waals surface area contributed by atoms with Gasteiger partial charge in [-0.15, -0.1) is 0 Å². The van der Waals surface area contributed by atoms with Crippen LogP contribution in [0.4, 0.5) is 0 Å². The molecule has 0 radical (unpaired) electrons. The lowest BCUT2D eigenvalue weighted by Crippen LogP contribution is -2.33. The van der Waals surface area contributed by atoms with Gasteiger partial charge in [0.25, 0.3) is 0 Å². The van der Waals surface area contributed by atoms with Crippen LogP contribution in [0.5, 0.6) is 0 Å². The van der Waals surface area contributed by atoms with Gasteiger partial charge >= 0.3 is 0 Å². The van der Waals surface area contributed by atoms with Crippen molar-refractivity contribution in [3.63, 3.8) is 0 Å². The predicted molar refractivity (Wildman–Crippen MR) is 74.4 cm³/mol. The number of primary amides is 1. The summed E-state index contributed by atoms with van der Waals surface area (Å²) in [6, 6.07) is 0. The topological polar surface area (TPSA) is 123 Å². The molecule has 0 aliphatic rings. The van der Waals surface area contributed by atoms with Crippen LogP contribution in [0, 0.1) is 5.92 Å². The van der Waals surface area contributed by atoms with Gasteiger partial charge in [0.05, 0.1) is 6.61 Å². The molecule has 0 saturated carbocycles. The minimum Gasteiger partial charge on any atom is -0.396 e. The zero-order valence-electron chi connectivity index (χ0n) is 11.6. The van der Waals surface area contributed by atoms with Gasteiger partial charge < -0.3 is 26.6 Å². The molecule has 0 aromatic heterocycles. The maximum absolute atomic E-state index is 11.0. The van der Waals surface area contributed by atoms with Crippen LogP contribution in [-0.2, 0) is 9.53 Å². The highest BCUT2D eigenvalue weighted by molar-refractivity contribution is 5.77. The minimum atomic E-state index is -0.249. The Kier molecular flexibility index (Phi) is 10.9. The monoisotopic (exact) mass is 274 g/mol. The number of carbonyl (C=O) groups is 1. The second kappa shape index (κ2) is 11.7. The highest BCUT2D eigenvalue weighted by atomic mass is 16.5. The Hall–Kier alpha value is -1.34. The van der Waals surface area contributed by atoms with Crippen molar-refractivity contribution in [3.05, 3.63) is 0 Å². The summed E-state index contributed by atoms with van der Waals surface area (Å²) in [5.74, 6) is -0.000627. The fourth-order valence-electron chi connectivity index (χ4n) is 1.51. The number of amides is 1. The van der Waals surface area contributed by atoms with Crippen LogP contribution in [0.2, 0.25) is 0 Å². The van der Waals surface area contributed by atoms with Gasteiger partial charge in [0.2, 0.25) is 5.91 Å². The highest BCUT2D eigenvalue weighted by Crippen LogP contribution is 2.09. The lowest BCUT2D eigenvalue weighted by atomic mass is 10.00. The average Bonchev–Trinajstić information content (AvgIpc) is 2.38. The third-order valence-corrected chi connectivity index (χ3v) is 2.70. The summed E-state index contributed by atoms with van der Waals surface area (Å²) in [4.78, 5) is 15.0. The first kappa shape index (κ1) is 17.7. The number of aliphatic hydroxyl groups is 1. The van der Waals surface area contributed by atoms with E-state index in [2.05, 4.69) is 10.3 Å². The van der Waals surface area contributed by atoms with Crippen LogP contribution < -0.4 is 16.8 Å². The molecule has 0 bridgehead atoms. The van der Waals surface area contributed by atoms with Crippen LogP contribution in [0.3, 0.4) is 0 Å². The number of rotatable bonds is 11. The SMILES string of the molecule is CCC(CCCNC(N)=NCOCCCO)C(N)=O. The van der Waals surface area contributed by atoms with E-state index < -0.39 is 0 Å². The zero-order valence-corrected chi connectivity index (χ0v) is 11.6. The molecule has 1 amide bonds. The summed E-state index contributed by atoms with van der Waals surface area (Å²) in [6.07, 6.45) is 2.91. The maximum Gasteiger partial charge on any atom is 0.220 e. The highest BCUT2D eigenvalue weighted by Gasteiger charge is 2.11. The number of hydrogen-bond acceptors (Lipinski definition) is 4. The lowest BCUT2D eigenvalue weighted by molar-refractivity contribution is -0.122. The number of nitrogens with two attached hydrogens (primary N) is 2. The summed E-state index contributed by atoms with van der Waals surface area (Å²) < 4.78 is 5.11. The van der Waals surface area contributed by atoms with Gasteiger partial charge in [-0.2, -0.15) is 0 Å². The Balaban J connectivity index is 3.59. The van der Waals surface area contributed by atoms with E-state index >= 15 is 0 Å². The molecule has 0 rings (SSSR count). The molecule has 7 heteroatoms. The van der Waals surface area contributed by atoms with Gasteiger partial charge in [-0.3, -0.25) is 4.79 Å².